The SMILES string of the molecule is COCCS(=O)(=O)N1CCC(NC(=O)c2ccc3c(c2)OCO3)CC1. The number of fused-ring (bicyclic) bond motifs is 1. The van der Waals surface area contributed by atoms with E-state index >= 15 is 0 Å². The molecule has 0 radical (unpaired) electrons. The smallest absolute Gasteiger partial charge is 0.251 e. The summed E-state index contributed by atoms with van der Waals surface area (Å²) in [7, 11) is -1.81. The van der Waals surface area contributed by atoms with Gasteiger partial charge in [-0.1, -0.05) is 0 Å². The van der Waals surface area contributed by atoms with Gasteiger partial charge in [-0.05, 0) is 31.0 Å². The third kappa shape index (κ3) is 4.23. The van der Waals surface area contributed by atoms with Gasteiger partial charge in [0.25, 0.3) is 5.91 Å². The predicted octanol–water partition coefficient (Wildman–Crippen LogP) is 0.586. The Morgan fingerprint density at radius 2 is 2.00 bits per heavy atom. The molecule has 2 aliphatic rings. The van der Waals surface area contributed by atoms with Crippen molar-refractivity contribution in [3.05, 3.63) is 23.8 Å². The molecule has 3 rings (SSSR count). The van der Waals surface area contributed by atoms with Gasteiger partial charge in [0.2, 0.25) is 16.8 Å². The molecular formula is C16H22N2O6S. The van der Waals surface area contributed by atoms with E-state index < -0.39 is 10.0 Å². The van der Waals surface area contributed by atoms with Gasteiger partial charge in [0.05, 0.1) is 12.4 Å². The molecule has 2 aliphatic heterocycles. The Morgan fingerprint density at radius 3 is 2.72 bits per heavy atom. The van der Waals surface area contributed by atoms with Crippen LogP contribution < -0.4 is 14.8 Å². The first-order valence-corrected chi connectivity index (χ1v) is 9.78. The fourth-order valence-corrected chi connectivity index (χ4v) is 4.31. The number of ether oxygens (including phenoxy) is 3. The highest BCUT2D eigenvalue weighted by Gasteiger charge is 2.28. The molecule has 1 fully saturated rings. The Bertz CT molecular complexity index is 728. The molecule has 8 nitrogen and oxygen atoms in total. The number of carbonyl (C=O) groups is 1. The van der Waals surface area contributed by atoms with E-state index in [9.17, 15) is 13.2 Å². The van der Waals surface area contributed by atoms with Crippen LogP contribution in [-0.2, 0) is 14.8 Å². The molecule has 25 heavy (non-hydrogen) atoms. The molecular weight excluding hydrogens is 348 g/mol. The maximum absolute atomic E-state index is 12.4. The third-order valence-electron chi connectivity index (χ3n) is 4.36. The Kier molecular flexibility index (Phi) is 5.45. The largest absolute Gasteiger partial charge is 0.454 e. The Labute approximate surface area is 147 Å². The van der Waals surface area contributed by atoms with Crippen LogP contribution in [0.1, 0.15) is 23.2 Å². The molecule has 1 aromatic carbocycles. The van der Waals surface area contributed by atoms with Crippen molar-refractivity contribution in [1.29, 1.82) is 0 Å². The minimum atomic E-state index is -3.29. The van der Waals surface area contributed by atoms with Crippen LogP contribution in [0.5, 0.6) is 11.5 Å². The second-order valence-corrected chi connectivity index (χ2v) is 8.11. The van der Waals surface area contributed by atoms with Crippen molar-refractivity contribution in [3.8, 4) is 11.5 Å². The van der Waals surface area contributed by atoms with Crippen LogP contribution in [-0.4, -0.2) is 64.0 Å². The molecule has 138 valence electrons. The van der Waals surface area contributed by atoms with Gasteiger partial charge >= 0.3 is 0 Å². The lowest BCUT2D eigenvalue weighted by atomic mass is 10.1. The fraction of sp³-hybridized carbons (Fsp3) is 0.562. The molecule has 0 unspecified atom stereocenters. The summed E-state index contributed by atoms with van der Waals surface area (Å²) >= 11 is 0. The number of rotatable bonds is 6. The zero-order valence-electron chi connectivity index (χ0n) is 14.1. The lowest BCUT2D eigenvalue weighted by Crippen LogP contribution is -2.47. The van der Waals surface area contributed by atoms with Crippen molar-refractivity contribution in [2.75, 3.05) is 39.4 Å². The number of carbonyl (C=O) groups excluding carboxylic acids is 1. The number of piperidine rings is 1. The van der Waals surface area contributed by atoms with Crippen molar-refractivity contribution < 1.29 is 27.4 Å². The molecule has 0 spiro atoms. The summed E-state index contributed by atoms with van der Waals surface area (Å²) < 4.78 is 41.1. The molecule has 0 aromatic heterocycles. The number of hydrogen-bond acceptors (Lipinski definition) is 6. The van der Waals surface area contributed by atoms with E-state index in [-0.39, 0.29) is 31.1 Å². The summed E-state index contributed by atoms with van der Waals surface area (Å²) in [5, 5.41) is 2.96. The lowest BCUT2D eigenvalue weighted by Gasteiger charge is -2.31. The van der Waals surface area contributed by atoms with Crippen LogP contribution in [0.2, 0.25) is 0 Å². The molecule has 1 N–H and O–H groups in total. The molecule has 0 aliphatic carbocycles. The summed E-state index contributed by atoms with van der Waals surface area (Å²) in [4.78, 5) is 12.4. The minimum absolute atomic E-state index is 0.0161. The van der Waals surface area contributed by atoms with Crippen LogP contribution in [0.4, 0.5) is 0 Å². The molecule has 9 heteroatoms. The molecule has 0 atom stereocenters. The van der Waals surface area contributed by atoms with Gasteiger partial charge in [-0.15, -0.1) is 0 Å². The fourth-order valence-electron chi connectivity index (χ4n) is 2.90. The van der Waals surface area contributed by atoms with Gasteiger partial charge in [-0.25, -0.2) is 12.7 Å². The maximum atomic E-state index is 12.4. The van der Waals surface area contributed by atoms with Gasteiger partial charge in [0.1, 0.15) is 0 Å². The molecule has 1 aromatic rings. The second kappa shape index (κ2) is 7.59. The standard InChI is InChI=1S/C16H22N2O6S/c1-22-8-9-25(20,21)18-6-4-13(5-7-18)17-16(19)12-2-3-14-15(10-12)24-11-23-14/h2-3,10,13H,4-9,11H2,1H3,(H,17,19). The third-order valence-corrected chi connectivity index (χ3v) is 6.20. The first-order chi connectivity index (χ1) is 12.0. The minimum Gasteiger partial charge on any atom is -0.454 e. The summed E-state index contributed by atoms with van der Waals surface area (Å²) in [6.07, 6.45) is 1.17. The number of amides is 1. The molecule has 1 amide bonds. The number of sulfonamides is 1. The second-order valence-electron chi connectivity index (χ2n) is 6.02. The number of methoxy groups -OCH3 is 1. The Hall–Kier alpha value is -1.84. The zero-order chi connectivity index (χ0) is 17.9. The summed E-state index contributed by atoms with van der Waals surface area (Å²) in [5.41, 5.74) is 0.499. The molecule has 0 saturated carbocycles. The monoisotopic (exact) mass is 370 g/mol. The van der Waals surface area contributed by atoms with Crippen LogP contribution in [0.15, 0.2) is 18.2 Å². The summed E-state index contributed by atoms with van der Waals surface area (Å²) in [5.74, 6) is 0.981. The van der Waals surface area contributed by atoms with Gasteiger partial charge in [-0.2, -0.15) is 0 Å². The zero-order valence-corrected chi connectivity index (χ0v) is 14.9. The number of hydrogen-bond donors (Lipinski definition) is 1. The molecule has 0 bridgehead atoms. The van der Waals surface area contributed by atoms with E-state index in [0.717, 1.165) is 0 Å². The highest BCUT2D eigenvalue weighted by molar-refractivity contribution is 7.89. The van der Waals surface area contributed by atoms with E-state index in [2.05, 4.69) is 5.32 Å². The van der Waals surface area contributed by atoms with Crippen LogP contribution >= 0.6 is 0 Å². The first-order valence-electron chi connectivity index (χ1n) is 8.17. The van der Waals surface area contributed by atoms with Crippen molar-refractivity contribution in [2.24, 2.45) is 0 Å². The average molecular weight is 370 g/mol. The van der Waals surface area contributed by atoms with Gasteiger partial charge in [-0.3, -0.25) is 4.79 Å². The quantitative estimate of drug-likeness (QED) is 0.787. The Balaban J connectivity index is 1.53. The van der Waals surface area contributed by atoms with Gasteiger partial charge < -0.3 is 19.5 Å². The lowest BCUT2D eigenvalue weighted by molar-refractivity contribution is 0.0923. The van der Waals surface area contributed by atoms with E-state index in [1.54, 1.807) is 18.2 Å². The summed E-state index contributed by atoms with van der Waals surface area (Å²) in [6, 6.07) is 5.00. The molecule has 2 heterocycles. The van der Waals surface area contributed by atoms with E-state index in [1.165, 1.54) is 11.4 Å². The highest BCUT2D eigenvalue weighted by atomic mass is 32.2. The highest BCUT2D eigenvalue weighted by Crippen LogP contribution is 2.32. The normalized spacial score (nSPS) is 18.3. The number of nitrogens with one attached hydrogen (secondary N) is 1. The maximum Gasteiger partial charge on any atom is 0.251 e. The number of nitrogens with zero attached hydrogens (tertiary/aromatic N) is 1. The van der Waals surface area contributed by atoms with Crippen LogP contribution in [0, 0.1) is 0 Å². The number of benzene rings is 1. The van der Waals surface area contributed by atoms with Crippen LogP contribution in [0.3, 0.4) is 0 Å². The summed E-state index contributed by atoms with van der Waals surface area (Å²) in [6.45, 7) is 1.15. The van der Waals surface area contributed by atoms with Crippen molar-refractivity contribution >= 4 is 15.9 Å². The van der Waals surface area contributed by atoms with E-state index in [1.807, 2.05) is 0 Å². The topological polar surface area (TPSA) is 94.2 Å². The van der Waals surface area contributed by atoms with Gasteiger partial charge in [0, 0.05) is 31.8 Å². The molecule has 1 saturated heterocycles. The van der Waals surface area contributed by atoms with Crippen LogP contribution in [0.25, 0.3) is 0 Å². The van der Waals surface area contributed by atoms with Gasteiger partial charge in [0.15, 0.2) is 11.5 Å². The Morgan fingerprint density at radius 1 is 1.28 bits per heavy atom. The predicted molar refractivity (Wildman–Crippen MR) is 90.3 cm³/mol. The van der Waals surface area contributed by atoms with Crippen molar-refractivity contribution in [2.45, 2.75) is 18.9 Å². The average Bonchev–Trinajstić information content (AvgIpc) is 3.08. The first kappa shape index (κ1) is 18.0. The van der Waals surface area contributed by atoms with Crippen molar-refractivity contribution in [3.63, 3.8) is 0 Å². The van der Waals surface area contributed by atoms with Crippen molar-refractivity contribution in [1.82, 2.24) is 9.62 Å². The van der Waals surface area contributed by atoms with E-state index in [4.69, 9.17) is 14.2 Å². The van der Waals surface area contributed by atoms with E-state index in [0.29, 0.717) is 43.0 Å².